The second-order valence-corrected chi connectivity index (χ2v) is 6.84. The predicted octanol–water partition coefficient (Wildman–Crippen LogP) is 2.87. The minimum absolute atomic E-state index is 0.0694. The fourth-order valence-electron chi connectivity index (χ4n) is 3.50. The number of hydrogen-bond donors (Lipinski definition) is 0. The molecule has 0 atom stereocenters. The molecule has 26 heavy (non-hydrogen) atoms. The van der Waals surface area contributed by atoms with E-state index in [2.05, 4.69) is 9.55 Å². The van der Waals surface area contributed by atoms with E-state index in [-0.39, 0.29) is 12.7 Å². The van der Waals surface area contributed by atoms with E-state index in [0.29, 0.717) is 5.92 Å². The molecule has 1 saturated heterocycles. The Balaban J connectivity index is 1.30. The molecule has 1 aromatic heterocycles. The van der Waals surface area contributed by atoms with Gasteiger partial charge in [0.2, 0.25) is 12.7 Å². The number of imidazole rings is 1. The molecule has 2 aromatic rings. The number of amides is 1. The molecule has 0 saturated carbocycles. The van der Waals surface area contributed by atoms with Crippen LogP contribution in [-0.4, -0.2) is 40.2 Å². The van der Waals surface area contributed by atoms with E-state index in [9.17, 15) is 4.79 Å². The molecule has 1 aromatic carbocycles. The summed E-state index contributed by atoms with van der Waals surface area (Å²) in [5, 5.41) is 0. The van der Waals surface area contributed by atoms with Gasteiger partial charge in [0.25, 0.3) is 0 Å². The van der Waals surface area contributed by atoms with Crippen LogP contribution >= 0.6 is 0 Å². The molecule has 1 amide bonds. The van der Waals surface area contributed by atoms with Gasteiger partial charge in [-0.15, -0.1) is 0 Å². The average Bonchev–Trinajstić information content (AvgIpc) is 3.29. The highest BCUT2D eigenvalue weighted by Gasteiger charge is 2.22. The molecule has 2 aliphatic rings. The Bertz CT molecular complexity index is 819. The maximum atomic E-state index is 12.5. The number of aryl methyl sites for hydroxylation is 1. The van der Waals surface area contributed by atoms with Crippen LogP contribution in [0, 0.1) is 12.8 Å². The SMILES string of the molecule is Cc1nccn1CC1CCN(C(=O)C=Cc2ccc3c(c2)OCO3)CC1. The molecule has 136 valence electrons. The summed E-state index contributed by atoms with van der Waals surface area (Å²) >= 11 is 0. The summed E-state index contributed by atoms with van der Waals surface area (Å²) in [6, 6.07) is 5.69. The predicted molar refractivity (Wildman–Crippen MR) is 97.9 cm³/mol. The lowest BCUT2D eigenvalue weighted by Gasteiger charge is -2.31. The van der Waals surface area contributed by atoms with E-state index in [0.717, 1.165) is 55.4 Å². The van der Waals surface area contributed by atoms with Gasteiger partial charge in [-0.25, -0.2) is 4.98 Å². The Morgan fingerprint density at radius 1 is 1.27 bits per heavy atom. The molecule has 1 fully saturated rings. The van der Waals surface area contributed by atoms with Crippen molar-refractivity contribution in [3.05, 3.63) is 48.1 Å². The van der Waals surface area contributed by atoms with E-state index in [1.165, 1.54) is 0 Å². The highest BCUT2D eigenvalue weighted by molar-refractivity contribution is 5.91. The van der Waals surface area contributed by atoms with Gasteiger partial charge in [0.05, 0.1) is 0 Å². The van der Waals surface area contributed by atoms with Gasteiger partial charge in [-0.3, -0.25) is 4.79 Å². The molecular weight excluding hydrogens is 330 g/mol. The van der Waals surface area contributed by atoms with Crippen LogP contribution in [0.2, 0.25) is 0 Å². The van der Waals surface area contributed by atoms with Crippen molar-refractivity contribution in [2.45, 2.75) is 26.3 Å². The van der Waals surface area contributed by atoms with Crippen molar-refractivity contribution in [1.29, 1.82) is 0 Å². The Morgan fingerprint density at radius 2 is 2.08 bits per heavy atom. The number of carbonyl (C=O) groups is 1. The number of fused-ring (bicyclic) bond motifs is 1. The molecule has 0 unspecified atom stereocenters. The molecule has 4 rings (SSSR count). The monoisotopic (exact) mass is 353 g/mol. The normalized spacial score (nSPS) is 17.2. The Kier molecular flexibility index (Phi) is 4.65. The van der Waals surface area contributed by atoms with Crippen molar-refractivity contribution < 1.29 is 14.3 Å². The molecule has 0 spiro atoms. The van der Waals surface area contributed by atoms with Crippen LogP contribution in [-0.2, 0) is 11.3 Å². The molecule has 6 nitrogen and oxygen atoms in total. The third-order valence-corrected chi connectivity index (χ3v) is 5.12. The lowest BCUT2D eigenvalue weighted by atomic mass is 9.96. The minimum atomic E-state index is 0.0694. The first-order valence-electron chi connectivity index (χ1n) is 9.03. The smallest absolute Gasteiger partial charge is 0.246 e. The van der Waals surface area contributed by atoms with E-state index in [1.54, 1.807) is 6.08 Å². The molecule has 0 aliphatic carbocycles. The fraction of sp³-hybridized carbons (Fsp3) is 0.400. The lowest BCUT2D eigenvalue weighted by Crippen LogP contribution is -2.38. The zero-order valence-corrected chi connectivity index (χ0v) is 14.9. The number of piperidine rings is 1. The summed E-state index contributed by atoms with van der Waals surface area (Å²) in [5.74, 6) is 3.21. The van der Waals surface area contributed by atoms with Crippen LogP contribution in [0.3, 0.4) is 0 Å². The number of likely N-dealkylation sites (tertiary alicyclic amines) is 1. The van der Waals surface area contributed by atoms with Crippen molar-refractivity contribution in [1.82, 2.24) is 14.5 Å². The van der Waals surface area contributed by atoms with Crippen molar-refractivity contribution in [3.63, 3.8) is 0 Å². The standard InChI is InChI=1S/C20H23N3O3/c1-15-21-8-11-23(15)13-17-6-9-22(10-7-17)20(24)5-3-16-2-4-18-19(12-16)26-14-25-18/h2-5,8,11-12,17H,6-7,9-10,13-14H2,1H3. The average molecular weight is 353 g/mol. The third kappa shape index (κ3) is 3.59. The van der Waals surface area contributed by atoms with E-state index < -0.39 is 0 Å². The molecule has 6 heteroatoms. The number of nitrogens with zero attached hydrogens (tertiary/aromatic N) is 3. The molecule has 3 heterocycles. The Labute approximate surface area is 153 Å². The van der Waals surface area contributed by atoms with Crippen LogP contribution in [0.1, 0.15) is 24.2 Å². The summed E-state index contributed by atoms with van der Waals surface area (Å²) in [6.45, 7) is 4.89. The van der Waals surface area contributed by atoms with Crippen molar-refractivity contribution in [2.75, 3.05) is 19.9 Å². The van der Waals surface area contributed by atoms with E-state index in [1.807, 2.05) is 48.5 Å². The third-order valence-electron chi connectivity index (χ3n) is 5.12. The molecule has 0 radical (unpaired) electrons. The topological polar surface area (TPSA) is 56.6 Å². The lowest BCUT2D eigenvalue weighted by molar-refractivity contribution is -0.127. The van der Waals surface area contributed by atoms with Gasteiger partial charge in [0.15, 0.2) is 11.5 Å². The highest BCUT2D eigenvalue weighted by Crippen LogP contribution is 2.32. The quantitative estimate of drug-likeness (QED) is 0.793. The summed E-state index contributed by atoms with van der Waals surface area (Å²) < 4.78 is 12.9. The molecular formula is C20H23N3O3. The maximum Gasteiger partial charge on any atom is 0.246 e. The fourth-order valence-corrected chi connectivity index (χ4v) is 3.50. The van der Waals surface area contributed by atoms with Gasteiger partial charge in [-0.2, -0.15) is 0 Å². The summed E-state index contributed by atoms with van der Waals surface area (Å²) in [4.78, 5) is 18.7. The van der Waals surface area contributed by atoms with Gasteiger partial charge in [0.1, 0.15) is 5.82 Å². The first kappa shape index (κ1) is 16.7. The minimum Gasteiger partial charge on any atom is -0.454 e. The van der Waals surface area contributed by atoms with Gasteiger partial charge in [0, 0.05) is 38.1 Å². The highest BCUT2D eigenvalue weighted by atomic mass is 16.7. The van der Waals surface area contributed by atoms with E-state index >= 15 is 0 Å². The second-order valence-electron chi connectivity index (χ2n) is 6.84. The van der Waals surface area contributed by atoms with Crippen LogP contribution in [0.5, 0.6) is 11.5 Å². The van der Waals surface area contributed by atoms with Crippen molar-refractivity contribution >= 4 is 12.0 Å². The number of aromatic nitrogens is 2. The number of benzene rings is 1. The number of carbonyl (C=O) groups excluding carboxylic acids is 1. The Hall–Kier alpha value is -2.76. The Morgan fingerprint density at radius 3 is 2.85 bits per heavy atom. The van der Waals surface area contributed by atoms with Crippen molar-refractivity contribution in [2.24, 2.45) is 5.92 Å². The first-order chi connectivity index (χ1) is 12.7. The largest absolute Gasteiger partial charge is 0.454 e. The van der Waals surface area contributed by atoms with E-state index in [4.69, 9.17) is 9.47 Å². The van der Waals surface area contributed by atoms with Gasteiger partial charge < -0.3 is 18.9 Å². The summed E-state index contributed by atoms with van der Waals surface area (Å²) in [5.41, 5.74) is 0.938. The number of ether oxygens (including phenoxy) is 2. The summed E-state index contributed by atoms with van der Waals surface area (Å²) in [7, 11) is 0. The van der Waals surface area contributed by atoms with Gasteiger partial charge in [-0.1, -0.05) is 6.07 Å². The van der Waals surface area contributed by atoms with Crippen LogP contribution in [0.25, 0.3) is 6.08 Å². The summed E-state index contributed by atoms with van der Waals surface area (Å²) in [6.07, 6.45) is 9.42. The van der Waals surface area contributed by atoms with Gasteiger partial charge >= 0.3 is 0 Å². The first-order valence-corrected chi connectivity index (χ1v) is 9.03. The number of hydrogen-bond acceptors (Lipinski definition) is 4. The van der Waals surface area contributed by atoms with Crippen molar-refractivity contribution in [3.8, 4) is 11.5 Å². The molecule has 0 bridgehead atoms. The second kappa shape index (κ2) is 7.23. The van der Waals surface area contributed by atoms with Crippen LogP contribution in [0.15, 0.2) is 36.7 Å². The van der Waals surface area contributed by atoms with Crippen LogP contribution in [0.4, 0.5) is 0 Å². The van der Waals surface area contributed by atoms with Crippen LogP contribution < -0.4 is 9.47 Å². The molecule has 2 aliphatic heterocycles. The zero-order chi connectivity index (χ0) is 17.9. The number of rotatable bonds is 4. The van der Waals surface area contributed by atoms with Gasteiger partial charge in [-0.05, 0) is 49.5 Å². The maximum absolute atomic E-state index is 12.5. The molecule has 0 N–H and O–H groups in total. The zero-order valence-electron chi connectivity index (χ0n) is 14.9.